The lowest BCUT2D eigenvalue weighted by molar-refractivity contribution is -0.137. The molecule has 0 radical (unpaired) electrons. The van der Waals surface area contributed by atoms with Gasteiger partial charge in [0.2, 0.25) is 0 Å². The molecule has 0 spiro atoms. The normalized spacial score (nSPS) is 11.8. The topological polar surface area (TPSA) is 80.9 Å². The summed E-state index contributed by atoms with van der Waals surface area (Å²) in [7, 11) is 1.61. The van der Waals surface area contributed by atoms with Crippen LogP contribution in [0.25, 0.3) is 10.2 Å². The maximum Gasteiger partial charge on any atom is 0.338 e. The Morgan fingerprint density at radius 3 is 2.80 bits per heavy atom. The van der Waals surface area contributed by atoms with Crippen LogP contribution in [0.2, 0.25) is 0 Å². The van der Waals surface area contributed by atoms with Gasteiger partial charge in [0.1, 0.15) is 6.54 Å². The van der Waals surface area contributed by atoms with Crippen molar-refractivity contribution in [3.05, 3.63) is 28.6 Å². The Bertz CT molecular complexity index is 730. The summed E-state index contributed by atoms with van der Waals surface area (Å²) in [6, 6.07) is 5.05. The summed E-state index contributed by atoms with van der Waals surface area (Å²) in [6.45, 7) is 1.90. The van der Waals surface area contributed by atoms with E-state index in [4.69, 9.17) is 9.84 Å². The van der Waals surface area contributed by atoms with Crippen LogP contribution in [0.4, 0.5) is 0 Å². The second-order valence-corrected chi connectivity index (χ2v) is 5.00. The molecule has 0 saturated carbocycles. The van der Waals surface area contributed by atoms with Gasteiger partial charge in [0.05, 0.1) is 22.4 Å². The molecule has 0 unspecified atom stereocenters. The van der Waals surface area contributed by atoms with Crippen LogP contribution in [0, 0.1) is 0 Å². The highest BCUT2D eigenvalue weighted by Crippen LogP contribution is 2.19. The molecule has 6 nitrogen and oxygen atoms in total. The second kappa shape index (κ2) is 5.87. The largest absolute Gasteiger partial charge is 0.480 e. The van der Waals surface area contributed by atoms with Crippen molar-refractivity contribution < 1.29 is 19.4 Å². The lowest BCUT2D eigenvalue weighted by atomic mass is 10.2. The van der Waals surface area contributed by atoms with Crippen LogP contribution in [0.3, 0.4) is 0 Å². The van der Waals surface area contributed by atoms with Crippen molar-refractivity contribution in [2.24, 2.45) is 4.99 Å². The molecule has 2 rings (SSSR count). The zero-order valence-corrected chi connectivity index (χ0v) is 11.9. The number of carboxylic acids is 1. The Kier molecular flexibility index (Phi) is 4.19. The molecule has 7 heteroatoms. The van der Waals surface area contributed by atoms with E-state index in [1.54, 1.807) is 36.7 Å². The fourth-order valence-electron chi connectivity index (χ4n) is 1.87. The molecule has 106 valence electrons. The molecule has 0 atom stereocenters. The first-order valence-corrected chi connectivity index (χ1v) is 6.83. The van der Waals surface area contributed by atoms with Crippen LogP contribution in [-0.4, -0.2) is 35.3 Å². The fraction of sp³-hybridized carbons (Fsp3) is 0.308. The number of hydrogen-bond donors (Lipinski definition) is 1. The Balaban J connectivity index is 2.55. The number of carboxylic acid groups (broad SMARTS) is 1. The van der Waals surface area contributed by atoms with Gasteiger partial charge in [-0.3, -0.25) is 9.79 Å². The molecule has 2 aromatic rings. The van der Waals surface area contributed by atoms with Gasteiger partial charge >= 0.3 is 11.9 Å². The monoisotopic (exact) mass is 294 g/mol. The quantitative estimate of drug-likeness (QED) is 0.866. The lowest BCUT2D eigenvalue weighted by Crippen LogP contribution is -2.19. The van der Waals surface area contributed by atoms with Gasteiger partial charge in [-0.15, -0.1) is 0 Å². The van der Waals surface area contributed by atoms with E-state index < -0.39 is 5.97 Å². The standard InChI is InChI=1S/C13H14N2O4S/c1-3-19-12(18)8-4-5-9-10(6-8)20-13(14-2)15(9)7-11(16)17/h4-6H,3,7H2,1-2H3,(H,16,17). The molecule has 0 bridgehead atoms. The molecular formula is C13H14N2O4S. The van der Waals surface area contributed by atoms with Gasteiger partial charge in [-0.05, 0) is 25.1 Å². The van der Waals surface area contributed by atoms with Gasteiger partial charge in [0.25, 0.3) is 0 Å². The number of aliphatic carboxylic acids is 1. The van der Waals surface area contributed by atoms with Gasteiger partial charge < -0.3 is 14.4 Å². The molecule has 0 aliphatic rings. The first-order chi connectivity index (χ1) is 9.56. The van der Waals surface area contributed by atoms with Crippen LogP contribution in [-0.2, 0) is 16.1 Å². The number of ether oxygens (including phenoxy) is 1. The van der Waals surface area contributed by atoms with Crippen LogP contribution in [0.15, 0.2) is 23.2 Å². The molecule has 20 heavy (non-hydrogen) atoms. The minimum Gasteiger partial charge on any atom is -0.480 e. The van der Waals surface area contributed by atoms with E-state index in [9.17, 15) is 9.59 Å². The van der Waals surface area contributed by atoms with Gasteiger partial charge in [0, 0.05) is 7.05 Å². The minimum atomic E-state index is -0.936. The number of fused-ring (bicyclic) bond motifs is 1. The summed E-state index contributed by atoms with van der Waals surface area (Å²) in [5.41, 5.74) is 1.19. The van der Waals surface area contributed by atoms with Crippen LogP contribution in [0.5, 0.6) is 0 Å². The first kappa shape index (κ1) is 14.3. The molecule has 1 N–H and O–H groups in total. The number of rotatable bonds is 4. The molecule has 1 aromatic carbocycles. The van der Waals surface area contributed by atoms with Gasteiger partial charge in [-0.1, -0.05) is 11.3 Å². The number of hydrogen-bond acceptors (Lipinski definition) is 5. The van der Waals surface area contributed by atoms with Crippen molar-refractivity contribution in [3.8, 4) is 0 Å². The molecule has 0 fully saturated rings. The number of benzene rings is 1. The number of thiazole rings is 1. The fourth-order valence-corrected chi connectivity index (χ4v) is 2.90. The van der Waals surface area contributed by atoms with E-state index in [1.807, 2.05) is 0 Å². The summed E-state index contributed by atoms with van der Waals surface area (Å²) >= 11 is 1.34. The van der Waals surface area contributed by atoms with Crippen molar-refractivity contribution in [3.63, 3.8) is 0 Å². The zero-order chi connectivity index (χ0) is 14.7. The van der Waals surface area contributed by atoms with E-state index >= 15 is 0 Å². The highest BCUT2D eigenvalue weighted by Gasteiger charge is 2.12. The molecule has 0 aliphatic heterocycles. The highest BCUT2D eigenvalue weighted by atomic mass is 32.1. The highest BCUT2D eigenvalue weighted by molar-refractivity contribution is 7.16. The predicted octanol–water partition coefficient (Wildman–Crippen LogP) is 1.49. The Labute approximate surface area is 118 Å². The van der Waals surface area contributed by atoms with E-state index in [2.05, 4.69) is 4.99 Å². The average molecular weight is 294 g/mol. The van der Waals surface area contributed by atoms with E-state index in [0.717, 1.165) is 10.2 Å². The number of aromatic nitrogens is 1. The number of esters is 1. The van der Waals surface area contributed by atoms with Gasteiger partial charge in [-0.2, -0.15) is 0 Å². The third-order valence-electron chi connectivity index (χ3n) is 2.68. The minimum absolute atomic E-state index is 0.161. The van der Waals surface area contributed by atoms with E-state index in [-0.39, 0.29) is 12.5 Å². The second-order valence-electron chi connectivity index (χ2n) is 3.99. The van der Waals surface area contributed by atoms with Gasteiger partial charge in [-0.25, -0.2) is 4.79 Å². The zero-order valence-electron chi connectivity index (χ0n) is 11.1. The molecule has 1 aromatic heterocycles. The molecular weight excluding hydrogens is 280 g/mol. The Morgan fingerprint density at radius 1 is 1.45 bits per heavy atom. The third kappa shape index (κ3) is 2.72. The average Bonchev–Trinajstić information content (AvgIpc) is 2.75. The smallest absolute Gasteiger partial charge is 0.338 e. The van der Waals surface area contributed by atoms with Crippen LogP contribution < -0.4 is 4.80 Å². The Morgan fingerprint density at radius 2 is 2.20 bits per heavy atom. The predicted molar refractivity (Wildman–Crippen MR) is 74.9 cm³/mol. The summed E-state index contributed by atoms with van der Waals surface area (Å²) in [5.74, 6) is -1.32. The maximum absolute atomic E-state index is 11.7. The van der Waals surface area contributed by atoms with Crippen molar-refractivity contribution in [1.29, 1.82) is 0 Å². The van der Waals surface area contributed by atoms with E-state index in [0.29, 0.717) is 17.0 Å². The van der Waals surface area contributed by atoms with Crippen molar-refractivity contribution in [1.82, 2.24) is 4.57 Å². The molecule has 0 saturated heterocycles. The SMILES string of the molecule is CCOC(=O)c1ccc2c(c1)sc(=NC)n2CC(=O)O. The Hall–Kier alpha value is -2.15. The number of carbonyl (C=O) groups is 2. The summed E-state index contributed by atoms with van der Waals surface area (Å²) in [4.78, 5) is 27.3. The van der Waals surface area contributed by atoms with Gasteiger partial charge in [0.15, 0.2) is 4.80 Å². The summed E-state index contributed by atoms with van der Waals surface area (Å²) < 4.78 is 7.36. The lowest BCUT2D eigenvalue weighted by Gasteiger charge is -2.03. The first-order valence-electron chi connectivity index (χ1n) is 6.02. The van der Waals surface area contributed by atoms with Crippen LogP contribution >= 0.6 is 11.3 Å². The van der Waals surface area contributed by atoms with Crippen LogP contribution in [0.1, 0.15) is 17.3 Å². The molecule has 0 amide bonds. The summed E-state index contributed by atoms with van der Waals surface area (Å²) in [5, 5.41) is 8.95. The number of carbonyl (C=O) groups excluding carboxylic acids is 1. The molecule has 0 aliphatic carbocycles. The maximum atomic E-state index is 11.7. The van der Waals surface area contributed by atoms with Crippen molar-refractivity contribution >= 4 is 33.5 Å². The third-order valence-corrected chi connectivity index (χ3v) is 3.81. The van der Waals surface area contributed by atoms with Crippen molar-refractivity contribution in [2.45, 2.75) is 13.5 Å². The summed E-state index contributed by atoms with van der Waals surface area (Å²) in [6.07, 6.45) is 0. The number of nitrogens with zero attached hydrogens (tertiary/aromatic N) is 2. The van der Waals surface area contributed by atoms with Crippen molar-refractivity contribution in [2.75, 3.05) is 13.7 Å². The van der Waals surface area contributed by atoms with E-state index in [1.165, 1.54) is 11.3 Å². The molecule has 1 heterocycles.